The number of hydrogen-bond donors (Lipinski definition) is 2. The van der Waals surface area contributed by atoms with Gasteiger partial charge in [0.1, 0.15) is 10.6 Å². The lowest BCUT2D eigenvalue weighted by Crippen LogP contribution is -2.12. The summed E-state index contributed by atoms with van der Waals surface area (Å²) in [6.45, 7) is 3.94. The Hall–Kier alpha value is -2.61. The third-order valence-corrected chi connectivity index (χ3v) is 4.94. The van der Waals surface area contributed by atoms with Crippen molar-refractivity contribution in [3.63, 3.8) is 0 Å². The second-order valence-corrected chi connectivity index (χ2v) is 6.94. The summed E-state index contributed by atoms with van der Waals surface area (Å²) < 4.78 is 32.9. The molecule has 0 aliphatic heterocycles. The molecule has 3 rings (SSSR count). The van der Waals surface area contributed by atoms with E-state index in [0.29, 0.717) is 23.7 Å². The fourth-order valence-corrected chi connectivity index (χ4v) is 3.23. The second-order valence-electron chi connectivity index (χ2n) is 5.26. The molecule has 0 bridgehead atoms. The number of sulfonamides is 1. The normalized spacial score (nSPS) is 11.6. The molecule has 2 heterocycles. The van der Waals surface area contributed by atoms with Crippen LogP contribution >= 0.6 is 0 Å². The van der Waals surface area contributed by atoms with E-state index in [1.165, 1.54) is 12.3 Å². The number of anilines is 1. The van der Waals surface area contributed by atoms with Crippen LogP contribution in [0.15, 0.2) is 45.8 Å². The molecule has 3 aromatic rings. The zero-order chi connectivity index (χ0) is 17.2. The molecule has 7 nitrogen and oxygen atoms in total. The molecule has 0 saturated carbocycles. The molecule has 24 heavy (non-hydrogen) atoms. The van der Waals surface area contributed by atoms with Gasteiger partial charge in [0.25, 0.3) is 15.9 Å². The van der Waals surface area contributed by atoms with E-state index in [4.69, 9.17) is 4.42 Å². The van der Waals surface area contributed by atoms with Gasteiger partial charge in [-0.1, -0.05) is 26.0 Å². The van der Waals surface area contributed by atoms with Crippen molar-refractivity contribution in [1.82, 2.24) is 15.2 Å². The number of rotatable bonds is 6. The van der Waals surface area contributed by atoms with Crippen molar-refractivity contribution in [2.24, 2.45) is 0 Å². The van der Waals surface area contributed by atoms with Gasteiger partial charge in [-0.2, -0.15) is 0 Å². The molecule has 0 amide bonds. The van der Waals surface area contributed by atoms with E-state index < -0.39 is 10.0 Å². The van der Waals surface area contributed by atoms with Gasteiger partial charge in [-0.15, -0.1) is 10.2 Å². The predicted molar refractivity (Wildman–Crippen MR) is 90.1 cm³/mol. The van der Waals surface area contributed by atoms with Gasteiger partial charge in [0.05, 0.1) is 0 Å². The molecular weight excluding hydrogens is 328 g/mol. The fourth-order valence-electron chi connectivity index (χ4n) is 2.18. The highest BCUT2D eigenvalue weighted by Gasteiger charge is 2.18. The van der Waals surface area contributed by atoms with Gasteiger partial charge < -0.3 is 9.40 Å². The van der Waals surface area contributed by atoms with Crippen LogP contribution in [-0.4, -0.2) is 23.6 Å². The maximum Gasteiger partial charge on any atom is 0.264 e. The van der Waals surface area contributed by atoms with Crippen LogP contribution in [0.25, 0.3) is 11.6 Å². The third-order valence-electron chi connectivity index (χ3n) is 3.58. The lowest BCUT2D eigenvalue weighted by molar-refractivity contribution is 0.511. The number of H-pyrrole nitrogens is 1. The van der Waals surface area contributed by atoms with Crippen LogP contribution in [0.1, 0.15) is 25.3 Å². The monoisotopic (exact) mass is 346 g/mol. The van der Waals surface area contributed by atoms with Crippen LogP contribution in [-0.2, 0) is 22.9 Å². The topological polar surface area (TPSA) is 101 Å². The number of aromatic amines is 1. The van der Waals surface area contributed by atoms with Crippen molar-refractivity contribution >= 4 is 15.7 Å². The van der Waals surface area contributed by atoms with Crippen molar-refractivity contribution in [1.29, 1.82) is 0 Å². The lowest BCUT2D eigenvalue weighted by Gasteiger charge is -2.06. The average molecular weight is 346 g/mol. The first-order chi connectivity index (χ1) is 11.5. The summed E-state index contributed by atoms with van der Waals surface area (Å²) in [4.78, 5) is 2.96. The number of nitrogens with zero attached hydrogens (tertiary/aromatic N) is 2. The Labute approximate surface area is 140 Å². The van der Waals surface area contributed by atoms with Gasteiger partial charge >= 0.3 is 0 Å². The average Bonchev–Trinajstić information content (AvgIpc) is 3.24. The van der Waals surface area contributed by atoms with Gasteiger partial charge in [0.15, 0.2) is 0 Å². The maximum absolute atomic E-state index is 12.5. The van der Waals surface area contributed by atoms with Crippen molar-refractivity contribution in [2.45, 2.75) is 31.6 Å². The molecule has 126 valence electrons. The first kappa shape index (κ1) is 16.3. The van der Waals surface area contributed by atoms with E-state index in [9.17, 15) is 8.42 Å². The van der Waals surface area contributed by atoms with Crippen LogP contribution < -0.4 is 4.72 Å². The fraction of sp³-hybridized carbons (Fsp3) is 0.250. The van der Waals surface area contributed by atoms with Gasteiger partial charge in [0.2, 0.25) is 5.89 Å². The smallest absolute Gasteiger partial charge is 0.264 e. The minimum Gasteiger partial charge on any atom is -0.419 e. The van der Waals surface area contributed by atoms with E-state index in [-0.39, 0.29) is 10.8 Å². The van der Waals surface area contributed by atoms with E-state index >= 15 is 0 Å². The number of nitrogens with one attached hydrogen (secondary N) is 2. The largest absolute Gasteiger partial charge is 0.419 e. The Bertz CT molecular complexity index is 926. The second kappa shape index (κ2) is 6.48. The van der Waals surface area contributed by atoms with E-state index in [0.717, 1.165) is 12.0 Å². The summed E-state index contributed by atoms with van der Waals surface area (Å²) in [5, 5.41) is 7.76. The molecule has 0 aliphatic carbocycles. The van der Waals surface area contributed by atoms with Crippen LogP contribution in [0.3, 0.4) is 0 Å². The summed E-state index contributed by atoms with van der Waals surface area (Å²) in [6, 6.07) is 8.75. The van der Waals surface area contributed by atoms with Crippen LogP contribution in [0.5, 0.6) is 0 Å². The Morgan fingerprint density at radius 3 is 2.50 bits per heavy atom. The summed E-state index contributed by atoms with van der Waals surface area (Å²) in [6.07, 6.45) is 2.92. The quantitative estimate of drug-likeness (QED) is 0.714. The van der Waals surface area contributed by atoms with E-state index in [2.05, 4.69) is 19.9 Å². The minimum absolute atomic E-state index is 0.105. The maximum atomic E-state index is 12.5. The Morgan fingerprint density at radius 1 is 1.12 bits per heavy atom. The Kier molecular flexibility index (Phi) is 4.39. The molecule has 0 radical (unpaired) electrons. The first-order valence-corrected chi connectivity index (χ1v) is 9.13. The van der Waals surface area contributed by atoms with Gasteiger partial charge in [-0.3, -0.25) is 4.72 Å². The van der Waals surface area contributed by atoms with Gasteiger partial charge in [-0.05, 0) is 30.2 Å². The molecule has 2 N–H and O–H groups in total. The van der Waals surface area contributed by atoms with E-state index in [1.807, 2.05) is 26.0 Å². The molecule has 0 spiro atoms. The highest BCUT2D eigenvalue weighted by molar-refractivity contribution is 7.92. The summed E-state index contributed by atoms with van der Waals surface area (Å²) in [5.74, 6) is 0.763. The molecule has 0 aliphatic rings. The molecular formula is C16H18N4O3S. The minimum atomic E-state index is -3.69. The highest BCUT2D eigenvalue weighted by Crippen LogP contribution is 2.22. The predicted octanol–water partition coefficient (Wildman–Crippen LogP) is 2.99. The zero-order valence-electron chi connectivity index (χ0n) is 13.4. The number of benzene rings is 1. The highest BCUT2D eigenvalue weighted by atomic mass is 32.2. The number of aryl methyl sites for hydroxylation is 2. The van der Waals surface area contributed by atoms with E-state index in [1.54, 1.807) is 12.1 Å². The van der Waals surface area contributed by atoms with Gasteiger partial charge in [-0.25, -0.2) is 8.42 Å². The van der Waals surface area contributed by atoms with Crippen LogP contribution in [0.2, 0.25) is 0 Å². The van der Waals surface area contributed by atoms with Crippen LogP contribution in [0, 0.1) is 0 Å². The molecule has 1 aromatic carbocycles. The standard InChI is InChI=1S/C16H18N4O3S/c1-3-11-5-7-12(8-6-11)20-24(21,22)13-9-14(17-10-13)16-19-18-15(4-2)23-16/h5-10,17,20H,3-4H2,1-2H3. The molecule has 0 saturated heterocycles. The lowest BCUT2D eigenvalue weighted by atomic mass is 10.2. The zero-order valence-corrected chi connectivity index (χ0v) is 14.2. The van der Waals surface area contributed by atoms with Crippen molar-refractivity contribution in [2.75, 3.05) is 4.72 Å². The third kappa shape index (κ3) is 3.33. The summed E-state index contributed by atoms with van der Waals surface area (Å²) >= 11 is 0. The molecule has 0 unspecified atom stereocenters. The molecule has 8 heteroatoms. The van der Waals surface area contributed by atoms with Crippen molar-refractivity contribution < 1.29 is 12.8 Å². The Morgan fingerprint density at radius 2 is 1.88 bits per heavy atom. The summed E-state index contributed by atoms with van der Waals surface area (Å²) in [7, 11) is -3.69. The number of hydrogen-bond acceptors (Lipinski definition) is 5. The van der Waals surface area contributed by atoms with Gasteiger partial charge in [0, 0.05) is 18.3 Å². The summed E-state index contributed by atoms with van der Waals surface area (Å²) in [5.41, 5.74) is 2.12. The van der Waals surface area contributed by atoms with Crippen molar-refractivity contribution in [3.8, 4) is 11.6 Å². The first-order valence-electron chi connectivity index (χ1n) is 7.64. The SMILES string of the molecule is CCc1ccc(NS(=O)(=O)c2c[nH]c(-c3nnc(CC)o3)c2)cc1. The molecule has 2 aromatic heterocycles. The Balaban J connectivity index is 1.81. The van der Waals surface area contributed by atoms with Crippen LogP contribution in [0.4, 0.5) is 5.69 Å². The number of aromatic nitrogens is 3. The van der Waals surface area contributed by atoms with Crippen molar-refractivity contribution in [3.05, 3.63) is 48.0 Å². The molecule has 0 atom stereocenters. The molecule has 0 fully saturated rings.